The summed E-state index contributed by atoms with van der Waals surface area (Å²) in [5, 5.41) is 9.69. The van der Waals surface area contributed by atoms with Crippen LogP contribution in [0.15, 0.2) is 0 Å². The van der Waals surface area contributed by atoms with Crippen LogP contribution in [0.25, 0.3) is 0 Å². The van der Waals surface area contributed by atoms with Crippen LogP contribution in [-0.2, 0) is 5.11 Å². The van der Waals surface area contributed by atoms with Crippen molar-refractivity contribution in [3.63, 3.8) is 0 Å². The van der Waals surface area contributed by atoms with Crippen molar-refractivity contribution in [3.05, 3.63) is 0 Å². The Bertz CT molecular complexity index is 30.6. The first kappa shape index (κ1) is 3.16. The minimum absolute atomic E-state index is 0.167. The molecule has 0 aromatic heterocycles. The molecule has 0 aromatic rings. The van der Waals surface area contributed by atoms with Crippen LogP contribution in [0.2, 0.25) is 0 Å². The van der Waals surface area contributed by atoms with E-state index in [1.165, 1.54) is 12.8 Å². The summed E-state index contributed by atoms with van der Waals surface area (Å²) in [6, 6.07) is 0. The zero-order chi connectivity index (χ0) is 3.70. The maximum absolute atomic E-state index is 9.69. The molecule has 1 fully saturated rings. The molecule has 0 amide bonds. The molecule has 0 N–H and O–H groups in total. The third kappa shape index (κ3) is 0.618. The number of hydrogen-bond donors (Lipinski definition) is 0. The van der Waals surface area contributed by atoms with E-state index in [-0.39, 0.29) is 6.61 Å². The summed E-state index contributed by atoms with van der Waals surface area (Å²) in [6.07, 6.45) is 2.40. The van der Waals surface area contributed by atoms with Crippen molar-refractivity contribution in [1.29, 1.82) is 0 Å². The van der Waals surface area contributed by atoms with Gasteiger partial charge in [-0.05, 0) is 18.8 Å². The Hall–Kier alpha value is -0.0400. The number of hydrogen-bond acceptors (Lipinski definition) is 0. The van der Waals surface area contributed by atoms with E-state index in [1.807, 2.05) is 0 Å². The maximum Gasteiger partial charge on any atom is 0.0850 e. The van der Waals surface area contributed by atoms with Crippen molar-refractivity contribution in [3.8, 4) is 0 Å². The van der Waals surface area contributed by atoms with Gasteiger partial charge in [-0.1, -0.05) is 0 Å². The van der Waals surface area contributed by atoms with Crippen molar-refractivity contribution >= 4 is 0 Å². The molecule has 1 rings (SSSR count). The molecule has 1 saturated carbocycles. The van der Waals surface area contributed by atoms with Gasteiger partial charge in [-0.25, -0.2) is 5.11 Å². The molecule has 1 nitrogen and oxygen atoms in total. The SMILES string of the molecule is [O]CC1CC1. The predicted octanol–water partition coefficient (Wildman–Crippen LogP) is 0.827. The van der Waals surface area contributed by atoms with Gasteiger partial charge in [0.05, 0.1) is 6.61 Å². The average molecular weight is 71.1 g/mol. The lowest BCUT2D eigenvalue weighted by Crippen LogP contribution is -1.75. The van der Waals surface area contributed by atoms with Crippen LogP contribution in [0.5, 0.6) is 0 Å². The van der Waals surface area contributed by atoms with E-state index >= 15 is 0 Å². The van der Waals surface area contributed by atoms with Gasteiger partial charge in [0.25, 0.3) is 0 Å². The minimum atomic E-state index is 0.167. The van der Waals surface area contributed by atoms with E-state index < -0.39 is 0 Å². The minimum Gasteiger partial charge on any atom is -0.236 e. The molecule has 0 atom stereocenters. The Kier molecular flexibility index (Phi) is 0.618. The van der Waals surface area contributed by atoms with Gasteiger partial charge in [0, 0.05) is 0 Å². The van der Waals surface area contributed by atoms with Gasteiger partial charge >= 0.3 is 0 Å². The molecule has 29 valence electrons. The summed E-state index contributed by atoms with van der Waals surface area (Å²) in [7, 11) is 0. The van der Waals surface area contributed by atoms with Gasteiger partial charge in [-0.3, -0.25) is 0 Å². The molecule has 1 aliphatic rings. The molecule has 1 radical (unpaired) electrons. The highest BCUT2D eigenvalue weighted by molar-refractivity contribution is 4.70. The molecule has 0 saturated heterocycles. The highest BCUT2D eigenvalue weighted by atomic mass is 16.3. The van der Waals surface area contributed by atoms with Crippen LogP contribution in [-0.4, -0.2) is 6.61 Å². The summed E-state index contributed by atoms with van der Waals surface area (Å²) >= 11 is 0. The fraction of sp³-hybridized carbons (Fsp3) is 1.00. The summed E-state index contributed by atoms with van der Waals surface area (Å²) in [5.74, 6) is 0.579. The van der Waals surface area contributed by atoms with Gasteiger partial charge < -0.3 is 0 Å². The van der Waals surface area contributed by atoms with Gasteiger partial charge in [0.15, 0.2) is 0 Å². The first-order valence-corrected chi connectivity index (χ1v) is 2.01. The van der Waals surface area contributed by atoms with Crippen LogP contribution >= 0.6 is 0 Å². The second-order valence-electron chi connectivity index (χ2n) is 1.61. The Balaban J connectivity index is 2.00. The summed E-state index contributed by atoms with van der Waals surface area (Å²) in [4.78, 5) is 0. The lowest BCUT2D eigenvalue weighted by atomic mass is 10.5. The second kappa shape index (κ2) is 0.977. The fourth-order valence-electron chi connectivity index (χ4n) is 0.285. The van der Waals surface area contributed by atoms with Gasteiger partial charge in [0.2, 0.25) is 0 Å². The maximum atomic E-state index is 9.69. The molecule has 0 spiro atoms. The second-order valence-corrected chi connectivity index (χ2v) is 1.61. The van der Waals surface area contributed by atoms with Crippen LogP contribution in [0.4, 0.5) is 0 Å². The van der Waals surface area contributed by atoms with Crippen LogP contribution in [0.1, 0.15) is 12.8 Å². The summed E-state index contributed by atoms with van der Waals surface area (Å²) in [5.41, 5.74) is 0. The van der Waals surface area contributed by atoms with Gasteiger partial charge in [0.1, 0.15) is 0 Å². The molecular weight excluding hydrogens is 64.0 g/mol. The van der Waals surface area contributed by atoms with E-state index in [1.54, 1.807) is 0 Å². The van der Waals surface area contributed by atoms with Crippen molar-refractivity contribution in [2.24, 2.45) is 5.92 Å². The lowest BCUT2D eigenvalue weighted by Gasteiger charge is -1.69. The van der Waals surface area contributed by atoms with E-state index in [9.17, 15) is 5.11 Å². The van der Waals surface area contributed by atoms with Crippen molar-refractivity contribution in [2.45, 2.75) is 12.8 Å². The van der Waals surface area contributed by atoms with Crippen LogP contribution in [0, 0.1) is 5.92 Å². The molecule has 0 aliphatic heterocycles. The molecule has 0 unspecified atom stereocenters. The first-order valence-electron chi connectivity index (χ1n) is 2.01. The van der Waals surface area contributed by atoms with Gasteiger partial charge in [-0.15, -0.1) is 0 Å². The predicted molar refractivity (Wildman–Crippen MR) is 18.3 cm³/mol. The Morgan fingerprint density at radius 1 is 1.60 bits per heavy atom. The normalized spacial score (nSPS) is 23.4. The van der Waals surface area contributed by atoms with Gasteiger partial charge in [-0.2, -0.15) is 0 Å². The Morgan fingerprint density at radius 2 is 2.20 bits per heavy atom. The van der Waals surface area contributed by atoms with Crippen molar-refractivity contribution in [1.82, 2.24) is 0 Å². The third-order valence-corrected chi connectivity index (χ3v) is 0.933. The highest BCUT2D eigenvalue weighted by Gasteiger charge is 2.19. The summed E-state index contributed by atoms with van der Waals surface area (Å²) in [6.45, 7) is 0.167. The smallest absolute Gasteiger partial charge is 0.0850 e. The van der Waals surface area contributed by atoms with Crippen LogP contribution < -0.4 is 0 Å². The van der Waals surface area contributed by atoms with E-state index in [0.717, 1.165) is 0 Å². The van der Waals surface area contributed by atoms with Crippen molar-refractivity contribution < 1.29 is 5.11 Å². The Labute approximate surface area is 31.6 Å². The largest absolute Gasteiger partial charge is 0.236 e. The van der Waals surface area contributed by atoms with E-state index in [4.69, 9.17) is 0 Å². The topological polar surface area (TPSA) is 19.9 Å². The standard InChI is InChI=1S/C4H7O/c5-3-4-1-2-4/h4H,1-3H2. The zero-order valence-corrected chi connectivity index (χ0v) is 3.11. The monoisotopic (exact) mass is 71.0 g/mol. The van der Waals surface area contributed by atoms with E-state index in [0.29, 0.717) is 5.92 Å². The molecule has 0 bridgehead atoms. The van der Waals surface area contributed by atoms with E-state index in [2.05, 4.69) is 0 Å². The Morgan fingerprint density at radius 3 is 2.20 bits per heavy atom. The highest BCUT2D eigenvalue weighted by Crippen LogP contribution is 2.27. The average Bonchev–Trinajstić information content (AvgIpc) is 2.12. The lowest BCUT2D eigenvalue weighted by molar-refractivity contribution is 0.179. The fourth-order valence-corrected chi connectivity index (χ4v) is 0.285. The number of rotatable bonds is 1. The molecule has 1 aliphatic carbocycles. The molecule has 5 heavy (non-hydrogen) atoms. The summed E-state index contributed by atoms with van der Waals surface area (Å²) < 4.78 is 0. The quantitative estimate of drug-likeness (QED) is 0.436. The molecular formula is C4H7O. The molecule has 1 heteroatoms. The molecule has 0 aromatic carbocycles. The third-order valence-electron chi connectivity index (χ3n) is 0.933. The zero-order valence-electron chi connectivity index (χ0n) is 3.11. The molecule has 0 heterocycles. The van der Waals surface area contributed by atoms with Crippen LogP contribution in [0.3, 0.4) is 0 Å². The first-order chi connectivity index (χ1) is 2.43. The van der Waals surface area contributed by atoms with Crippen molar-refractivity contribution in [2.75, 3.05) is 6.61 Å².